The van der Waals surface area contributed by atoms with Gasteiger partial charge in [0.15, 0.2) is 0 Å². The van der Waals surface area contributed by atoms with Crippen LogP contribution in [0.5, 0.6) is 0 Å². The molecule has 0 amide bonds. The Kier molecular flexibility index (Phi) is 3.04. The van der Waals surface area contributed by atoms with Gasteiger partial charge in [0, 0.05) is 6.26 Å². The van der Waals surface area contributed by atoms with E-state index in [4.69, 9.17) is 0 Å². The molecule has 1 aromatic carbocycles. The van der Waals surface area contributed by atoms with Crippen molar-refractivity contribution in [3.8, 4) is 0 Å². The number of aliphatic hydroxyl groups is 1. The Morgan fingerprint density at radius 3 is 2.56 bits per heavy atom. The molecule has 1 aliphatic carbocycles. The molecule has 0 saturated heterocycles. The number of aliphatic hydroxyl groups excluding tert-OH is 1. The Bertz CT molecular complexity index is 452. The Hall–Kier alpha value is -0.870. The van der Waals surface area contributed by atoms with Crippen molar-refractivity contribution >= 4 is 9.84 Å². The Labute approximate surface area is 96.0 Å². The highest BCUT2D eigenvalue weighted by molar-refractivity contribution is 7.90. The van der Waals surface area contributed by atoms with Gasteiger partial charge in [-0.1, -0.05) is 30.3 Å². The number of hydrogen-bond acceptors (Lipinski definition) is 3. The van der Waals surface area contributed by atoms with Crippen LogP contribution in [0.3, 0.4) is 0 Å². The van der Waals surface area contributed by atoms with Crippen LogP contribution in [0.2, 0.25) is 0 Å². The average Bonchev–Trinajstić information content (AvgIpc) is 2.96. The predicted molar refractivity (Wildman–Crippen MR) is 63.0 cm³/mol. The third-order valence-corrected chi connectivity index (χ3v) is 3.98. The molecule has 0 heterocycles. The van der Waals surface area contributed by atoms with Gasteiger partial charge in [0.05, 0.1) is 11.9 Å². The van der Waals surface area contributed by atoms with Crippen LogP contribution in [-0.4, -0.2) is 31.6 Å². The fourth-order valence-corrected chi connectivity index (χ4v) is 3.02. The van der Waals surface area contributed by atoms with Crippen molar-refractivity contribution in [2.45, 2.75) is 18.4 Å². The second kappa shape index (κ2) is 4.18. The predicted octanol–water partition coefficient (Wildman–Crippen LogP) is 1.20. The highest BCUT2D eigenvalue weighted by Crippen LogP contribution is 2.49. The lowest BCUT2D eigenvalue weighted by molar-refractivity contribution is 0.171. The summed E-state index contributed by atoms with van der Waals surface area (Å²) in [4.78, 5) is 0. The first-order valence-electron chi connectivity index (χ1n) is 5.38. The summed E-state index contributed by atoms with van der Waals surface area (Å²) in [5.74, 6) is 0.316. The molecule has 3 nitrogen and oxygen atoms in total. The first kappa shape index (κ1) is 11.6. The van der Waals surface area contributed by atoms with Gasteiger partial charge in [0.25, 0.3) is 0 Å². The summed E-state index contributed by atoms with van der Waals surface area (Å²) in [5.41, 5.74) is 1.19. The van der Waals surface area contributed by atoms with Crippen molar-refractivity contribution in [1.29, 1.82) is 0 Å². The standard InChI is InChI=1S/C12H16O3S/c1-16(14,15)8-12(13)11-7-10(11)9-5-3-2-4-6-9/h2-6,10-13H,7-8H2,1H3. The molecule has 2 rings (SSSR count). The van der Waals surface area contributed by atoms with Gasteiger partial charge in [0.2, 0.25) is 0 Å². The first-order valence-corrected chi connectivity index (χ1v) is 7.44. The monoisotopic (exact) mass is 240 g/mol. The minimum atomic E-state index is -3.08. The highest BCUT2D eigenvalue weighted by Gasteiger charge is 2.43. The molecular weight excluding hydrogens is 224 g/mol. The van der Waals surface area contributed by atoms with E-state index < -0.39 is 15.9 Å². The van der Waals surface area contributed by atoms with E-state index in [1.807, 2.05) is 30.3 Å². The average molecular weight is 240 g/mol. The van der Waals surface area contributed by atoms with Crippen molar-refractivity contribution in [3.05, 3.63) is 35.9 Å². The molecule has 1 aromatic rings. The van der Waals surface area contributed by atoms with Crippen LogP contribution in [0.1, 0.15) is 17.9 Å². The number of benzene rings is 1. The molecule has 3 atom stereocenters. The number of rotatable bonds is 4. The van der Waals surface area contributed by atoms with Gasteiger partial charge in [-0.2, -0.15) is 0 Å². The van der Waals surface area contributed by atoms with Crippen LogP contribution < -0.4 is 0 Å². The summed E-state index contributed by atoms with van der Waals surface area (Å²) in [5, 5.41) is 9.78. The Morgan fingerprint density at radius 1 is 1.38 bits per heavy atom. The van der Waals surface area contributed by atoms with E-state index in [1.54, 1.807) is 0 Å². The van der Waals surface area contributed by atoms with E-state index in [0.717, 1.165) is 12.7 Å². The quantitative estimate of drug-likeness (QED) is 0.860. The van der Waals surface area contributed by atoms with Crippen molar-refractivity contribution in [2.75, 3.05) is 12.0 Å². The van der Waals surface area contributed by atoms with Crippen molar-refractivity contribution < 1.29 is 13.5 Å². The zero-order valence-corrected chi connectivity index (χ0v) is 10.0. The molecule has 0 radical (unpaired) electrons. The largest absolute Gasteiger partial charge is 0.392 e. The van der Waals surface area contributed by atoms with E-state index in [-0.39, 0.29) is 11.7 Å². The summed E-state index contributed by atoms with van der Waals surface area (Å²) >= 11 is 0. The van der Waals surface area contributed by atoms with Gasteiger partial charge in [-0.25, -0.2) is 8.42 Å². The Balaban J connectivity index is 1.97. The van der Waals surface area contributed by atoms with Gasteiger partial charge in [-0.05, 0) is 23.8 Å². The number of sulfone groups is 1. The molecule has 1 fully saturated rings. The van der Waals surface area contributed by atoms with Gasteiger partial charge >= 0.3 is 0 Å². The van der Waals surface area contributed by atoms with E-state index in [0.29, 0.717) is 5.92 Å². The summed E-state index contributed by atoms with van der Waals surface area (Å²) in [6.45, 7) is 0. The van der Waals surface area contributed by atoms with Crippen molar-refractivity contribution in [1.82, 2.24) is 0 Å². The zero-order valence-electron chi connectivity index (χ0n) is 9.20. The first-order chi connectivity index (χ1) is 7.47. The van der Waals surface area contributed by atoms with Crippen LogP contribution >= 0.6 is 0 Å². The second-order valence-electron chi connectivity index (χ2n) is 4.58. The molecule has 0 aliphatic heterocycles. The van der Waals surface area contributed by atoms with Gasteiger partial charge in [-0.3, -0.25) is 0 Å². The summed E-state index contributed by atoms with van der Waals surface area (Å²) in [7, 11) is -3.08. The number of hydrogen-bond donors (Lipinski definition) is 1. The normalized spacial score (nSPS) is 26.4. The fraction of sp³-hybridized carbons (Fsp3) is 0.500. The van der Waals surface area contributed by atoms with Gasteiger partial charge < -0.3 is 5.11 Å². The Morgan fingerprint density at radius 2 is 2.00 bits per heavy atom. The second-order valence-corrected chi connectivity index (χ2v) is 6.76. The lowest BCUT2D eigenvalue weighted by Gasteiger charge is -2.08. The molecule has 88 valence electrons. The van der Waals surface area contributed by atoms with E-state index >= 15 is 0 Å². The minimum Gasteiger partial charge on any atom is -0.392 e. The van der Waals surface area contributed by atoms with E-state index in [2.05, 4.69) is 0 Å². The third-order valence-electron chi connectivity index (χ3n) is 3.04. The molecule has 16 heavy (non-hydrogen) atoms. The molecule has 0 aromatic heterocycles. The van der Waals surface area contributed by atoms with Crippen LogP contribution in [0.25, 0.3) is 0 Å². The third kappa shape index (κ3) is 2.83. The highest BCUT2D eigenvalue weighted by atomic mass is 32.2. The maximum Gasteiger partial charge on any atom is 0.150 e. The molecule has 1 N–H and O–H groups in total. The summed E-state index contributed by atoms with van der Waals surface area (Å²) in [6.07, 6.45) is 1.33. The van der Waals surface area contributed by atoms with E-state index in [9.17, 15) is 13.5 Å². The lowest BCUT2D eigenvalue weighted by Crippen LogP contribution is -2.22. The van der Waals surface area contributed by atoms with Crippen LogP contribution in [0.15, 0.2) is 30.3 Å². The van der Waals surface area contributed by atoms with Crippen LogP contribution in [-0.2, 0) is 9.84 Å². The van der Waals surface area contributed by atoms with Crippen molar-refractivity contribution in [2.24, 2.45) is 5.92 Å². The topological polar surface area (TPSA) is 54.4 Å². The fourth-order valence-electron chi connectivity index (χ4n) is 2.16. The molecule has 0 spiro atoms. The maximum atomic E-state index is 11.1. The lowest BCUT2D eigenvalue weighted by atomic mass is 10.1. The van der Waals surface area contributed by atoms with Gasteiger partial charge in [-0.15, -0.1) is 0 Å². The van der Waals surface area contributed by atoms with Crippen LogP contribution in [0.4, 0.5) is 0 Å². The van der Waals surface area contributed by atoms with E-state index in [1.165, 1.54) is 5.56 Å². The molecule has 0 bridgehead atoms. The molecule has 1 saturated carbocycles. The van der Waals surface area contributed by atoms with Gasteiger partial charge in [0.1, 0.15) is 9.84 Å². The summed E-state index contributed by atoms with van der Waals surface area (Å²) in [6, 6.07) is 9.94. The zero-order chi connectivity index (χ0) is 11.8. The van der Waals surface area contributed by atoms with Crippen LogP contribution in [0, 0.1) is 5.92 Å². The SMILES string of the molecule is CS(=O)(=O)CC(O)C1CC1c1ccccc1. The molecular formula is C12H16O3S. The molecule has 4 heteroatoms. The molecule has 1 aliphatic rings. The minimum absolute atomic E-state index is 0.108. The van der Waals surface area contributed by atoms with Crippen molar-refractivity contribution in [3.63, 3.8) is 0 Å². The summed E-state index contributed by atoms with van der Waals surface area (Å²) < 4.78 is 22.1. The smallest absolute Gasteiger partial charge is 0.150 e. The molecule has 3 unspecified atom stereocenters. The maximum absolute atomic E-state index is 11.1.